The Morgan fingerprint density at radius 2 is 1.93 bits per heavy atom. The number of halogens is 1. The molecule has 0 aliphatic carbocycles. The molecule has 1 heterocycles. The summed E-state index contributed by atoms with van der Waals surface area (Å²) in [6.07, 6.45) is 3.01. The standard InChI is InChI=1S/C21H17ClN2O3S/c1-2-10-24-20(26)16(19(25)23-21(24)28)11-15-8-9-18(17(22)12-15)27-13-14-6-4-3-5-7-14/h2-9,11-12H,1,10,13H2,(H,23,25,28). The number of ether oxygens (including phenoxy) is 1. The van der Waals surface area contributed by atoms with Gasteiger partial charge in [-0.25, -0.2) is 0 Å². The van der Waals surface area contributed by atoms with Crippen LogP contribution in [0.2, 0.25) is 5.02 Å². The predicted molar refractivity (Wildman–Crippen MR) is 113 cm³/mol. The van der Waals surface area contributed by atoms with Crippen molar-refractivity contribution in [2.45, 2.75) is 6.61 Å². The highest BCUT2D eigenvalue weighted by Gasteiger charge is 2.32. The van der Waals surface area contributed by atoms with Crippen molar-refractivity contribution < 1.29 is 14.3 Å². The van der Waals surface area contributed by atoms with Gasteiger partial charge in [0.25, 0.3) is 11.8 Å². The van der Waals surface area contributed by atoms with Gasteiger partial charge in [0.1, 0.15) is 17.9 Å². The lowest BCUT2D eigenvalue weighted by Gasteiger charge is -2.27. The molecule has 3 rings (SSSR count). The van der Waals surface area contributed by atoms with E-state index in [0.717, 1.165) is 5.56 Å². The summed E-state index contributed by atoms with van der Waals surface area (Å²) in [6.45, 7) is 4.19. The third kappa shape index (κ3) is 4.47. The first kappa shape index (κ1) is 19.8. The van der Waals surface area contributed by atoms with Gasteiger partial charge in [-0.05, 0) is 41.6 Å². The van der Waals surface area contributed by atoms with Crippen LogP contribution in [-0.2, 0) is 16.2 Å². The van der Waals surface area contributed by atoms with E-state index in [-0.39, 0.29) is 17.2 Å². The Hall–Kier alpha value is -2.96. The van der Waals surface area contributed by atoms with Gasteiger partial charge in [-0.1, -0.05) is 54.1 Å². The van der Waals surface area contributed by atoms with Crippen LogP contribution in [0.3, 0.4) is 0 Å². The van der Waals surface area contributed by atoms with E-state index in [4.69, 9.17) is 28.6 Å². The maximum Gasteiger partial charge on any atom is 0.265 e. The number of benzene rings is 2. The van der Waals surface area contributed by atoms with E-state index in [2.05, 4.69) is 11.9 Å². The summed E-state index contributed by atoms with van der Waals surface area (Å²) in [5, 5.41) is 2.95. The molecular formula is C21H17ClN2O3S. The Morgan fingerprint density at radius 1 is 1.18 bits per heavy atom. The lowest BCUT2D eigenvalue weighted by Crippen LogP contribution is -2.53. The SMILES string of the molecule is C=CCN1C(=O)C(=Cc2ccc(OCc3ccccc3)c(Cl)c2)C(=O)NC1=S. The third-order valence-corrected chi connectivity index (χ3v) is 4.62. The summed E-state index contributed by atoms with van der Waals surface area (Å²) in [7, 11) is 0. The van der Waals surface area contributed by atoms with Gasteiger partial charge in [0.15, 0.2) is 5.11 Å². The van der Waals surface area contributed by atoms with Gasteiger partial charge < -0.3 is 4.74 Å². The maximum absolute atomic E-state index is 12.6. The minimum atomic E-state index is -0.546. The van der Waals surface area contributed by atoms with Gasteiger partial charge in [0, 0.05) is 6.54 Å². The molecule has 0 spiro atoms. The van der Waals surface area contributed by atoms with Gasteiger partial charge in [-0.15, -0.1) is 6.58 Å². The molecule has 0 unspecified atom stereocenters. The van der Waals surface area contributed by atoms with Crippen molar-refractivity contribution in [1.82, 2.24) is 10.2 Å². The van der Waals surface area contributed by atoms with Crippen molar-refractivity contribution in [2.24, 2.45) is 0 Å². The molecule has 0 radical (unpaired) electrons. The summed E-state index contributed by atoms with van der Waals surface area (Å²) in [6, 6.07) is 14.8. The van der Waals surface area contributed by atoms with E-state index in [1.54, 1.807) is 18.2 Å². The Morgan fingerprint density at radius 3 is 2.61 bits per heavy atom. The second-order valence-electron chi connectivity index (χ2n) is 5.99. The zero-order chi connectivity index (χ0) is 20.1. The van der Waals surface area contributed by atoms with E-state index in [1.165, 1.54) is 17.1 Å². The summed E-state index contributed by atoms with van der Waals surface area (Å²) in [5.74, 6) is -0.508. The maximum atomic E-state index is 12.6. The molecule has 1 N–H and O–H groups in total. The van der Waals surface area contributed by atoms with Crippen LogP contribution in [0.4, 0.5) is 0 Å². The molecular weight excluding hydrogens is 396 g/mol. The van der Waals surface area contributed by atoms with Gasteiger partial charge in [-0.3, -0.25) is 19.8 Å². The van der Waals surface area contributed by atoms with Crippen LogP contribution < -0.4 is 10.1 Å². The number of nitrogens with zero attached hydrogens (tertiary/aromatic N) is 1. The lowest BCUT2D eigenvalue weighted by atomic mass is 10.1. The Kier molecular flexibility index (Phi) is 6.23. The zero-order valence-corrected chi connectivity index (χ0v) is 16.4. The average molecular weight is 413 g/mol. The zero-order valence-electron chi connectivity index (χ0n) is 14.9. The van der Waals surface area contributed by atoms with E-state index >= 15 is 0 Å². The highest BCUT2D eigenvalue weighted by molar-refractivity contribution is 7.80. The van der Waals surface area contributed by atoms with Crippen LogP contribution in [0.1, 0.15) is 11.1 Å². The lowest BCUT2D eigenvalue weighted by molar-refractivity contribution is -0.128. The van der Waals surface area contributed by atoms with Crippen molar-refractivity contribution >= 4 is 46.8 Å². The van der Waals surface area contributed by atoms with Crippen molar-refractivity contribution in [3.8, 4) is 5.75 Å². The summed E-state index contributed by atoms with van der Waals surface area (Å²) in [5.41, 5.74) is 1.60. The largest absolute Gasteiger partial charge is 0.487 e. The molecule has 1 fully saturated rings. The van der Waals surface area contributed by atoms with E-state index in [0.29, 0.717) is 22.9 Å². The Bertz CT molecular complexity index is 973. The normalized spacial score (nSPS) is 15.5. The smallest absolute Gasteiger partial charge is 0.265 e. The number of carbonyl (C=O) groups is 2. The van der Waals surface area contributed by atoms with Gasteiger partial charge in [0.2, 0.25) is 0 Å². The summed E-state index contributed by atoms with van der Waals surface area (Å²) in [4.78, 5) is 26.0. The number of thiocarbonyl (C=S) groups is 1. The highest BCUT2D eigenvalue weighted by atomic mass is 35.5. The quantitative estimate of drug-likeness (QED) is 0.340. The molecule has 1 saturated heterocycles. The van der Waals surface area contributed by atoms with Crippen LogP contribution in [0.25, 0.3) is 6.08 Å². The summed E-state index contributed by atoms with van der Waals surface area (Å²) < 4.78 is 5.74. The second kappa shape index (κ2) is 8.82. The molecule has 0 bridgehead atoms. The number of hydrogen-bond acceptors (Lipinski definition) is 4. The molecule has 2 aromatic carbocycles. The second-order valence-corrected chi connectivity index (χ2v) is 6.78. The molecule has 142 valence electrons. The fourth-order valence-corrected chi connectivity index (χ4v) is 3.11. The van der Waals surface area contributed by atoms with Gasteiger partial charge >= 0.3 is 0 Å². The minimum Gasteiger partial charge on any atom is -0.487 e. The monoisotopic (exact) mass is 412 g/mol. The van der Waals surface area contributed by atoms with Gasteiger partial charge in [-0.2, -0.15) is 0 Å². The number of nitrogens with one attached hydrogen (secondary N) is 1. The Balaban J connectivity index is 1.79. The van der Waals surface area contributed by atoms with E-state index in [1.807, 2.05) is 30.3 Å². The molecule has 1 aliphatic rings. The van der Waals surface area contributed by atoms with Crippen LogP contribution in [0.5, 0.6) is 5.75 Å². The molecule has 0 aromatic heterocycles. The molecule has 5 nitrogen and oxygen atoms in total. The van der Waals surface area contributed by atoms with Crippen molar-refractivity contribution in [2.75, 3.05) is 6.54 Å². The number of carbonyl (C=O) groups excluding carboxylic acids is 2. The first-order valence-electron chi connectivity index (χ1n) is 8.45. The number of amides is 2. The average Bonchev–Trinajstić information content (AvgIpc) is 2.68. The van der Waals surface area contributed by atoms with Crippen molar-refractivity contribution in [1.29, 1.82) is 0 Å². The molecule has 2 amide bonds. The summed E-state index contributed by atoms with van der Waals surface area (Å²) >= 11 is 11.3. The molecule has 0 saturated carbocycles. The van der Waals surface area contributed by atoms with Crippen molar-refractivity contribution in [3.63, 3.8) is 0 Å². The fraction of sp³-hybridized carbons (Fsp3) is 0.0952. The van der Waals surface area contributed by atoms with Crippen LogP contribution in [-0.4, -0.2) is 28.4 Å². The molecule has 28 heavy (non-hydrogen) atoms. The number of hydrogen-bond donors (Lipinski definition) is 1. The highest BCUT2D eigenvalue weighted by Crippen LogP contribution is 2.27. The first-order valence-corrected chi connectivity index (χ1v) is 9.24. The van der Waals surface area contributed by atoms with Crippen LogP contribution >= 0.6 is 23.8 Å². The molecule has 1 aliphatic heterocycles. The molecule has 0 atom stereocenters. The van der Waals surface area contributed by atoms with E-state index in [9.17, 15) is 9.59 Å². The number of rotatable bonds is 6. The topological polar surface area (TPSA) is 58.6 Å². The van der Waals surface area contributed by atoms with E-state index < -0.39 is 11.8 Å². The predicted octanol–water partition coefficient (Wildman–Crippen LogP) is 3.73. The Labute approximate surface area is 173 Å². The van der Waals surface area contributed by atoms with Crippen LogP contribution in [0.15, 0.2) is 66.8 Å². The van der Waals surface area contributed by atoms with Crippen molar-refractivity contribution in [3.05, 3.63) is 82.9 Å². The van der Waals surface area contributed by atoms with Gasteiger partial charge in [0.05, 0.1) is 5.02 Å². The minimum absolute atomic E-state index is 0.0236. The third-order valence-electron chi connectivity index (χ3n) is 4.00. The molecule has 7 heteroatoms. The van der Waals surface area contributed by atoms with Crippen LogP contribution in [0, 0.1) is 0 Å². The first-order chi connectivity index (χ1) is 13.5. The fourth-order valence-electron chi connectivity index (χ4n) is 2.61. The molecule has 2 aromatic rings.